The van der Waals surface area contributed by atoms with Gasteiger partial charge in [-0.2, -0.15) is 0 Å². The van der Waals surface area contributed by atoms with Crippen molar-refractivity contribution in [2.45, 2.75) is 25.8 Å². The number of rotatable bonds is 4. The van der Waals surface area contributed by atoms with Gasteiger partial charge in [-0.1, -0.05) is 29.8 Å². The molecule has 0 saturated heterocycles. The highest BCUT2D eigenvalue weighted by Gasteiger charge is 2.09. The van der Waals surface area contributed by atoms with Gasteiger partial charge in [0.25, 0.3) is 0 Å². The monoisotopic (exact) mass is 253 g/mol. The van der Waals surface area contributed by atoms with Crippen LogP contribution in [0.5, 0.6) is 0 Å². The summed E-state index contributed by atoms with van der Waals surface area (Å²) in [6.45, 7) is 1.70. The van der Waals surface area contributed by atoms with E-state index in [4.69, 9.17) is 11.6 Å². The second-order valence-electron chi connectivity index (χ2n) is 4.53. The van der Waals surface area contributed by atoms with Crippen LogP contribution in [-0.2, 0) is 6.54 Å². The Morgan fingerprint density at radius 3 is 2.94 bits per heavy atom. The molecule has 0 heterocycles. The summed E-state index contributed by atoms with van der Waals surface area (Å²) < 4.78 is 13.2. The largest absolute Gasteiger partial charge is 0.312 e. The molecule has 0 radical (unpaired) electrons. The Bertz CT molecular complexity index is 403. The molecule has 0 aromatic heterocycles. The smallest absolute Gasteiger partial charge is 0.142 e. The van der Waals surface area contributed by atoms with Gasteiger partial charge in [0.2, 0.25) is 0 Å². The van der Waals surface area contributed by atoms with E-state index < -0.39 is 0 Å². The fraction of sp³-hybridized carbons (Fsp3) is 0.429. The number of hydrogen-bond donors (Lipinski definition) is 1. The second kappa shape index (κ2) is 6.18. The molecule has 0 amide bonds. The lowest BCUT2D eigenvalue weighted by Gasteiger charge is -2.18. The van der Waals surface area contributed by atoms with Gasteiger partial charge < -0.3 is 5.32 Å². The van der Waals surface area contributed by atoms with Gasteiger partial charge in [0.05, 0.1) is 5.02 Å². The van der Waals surface area contributed by atoms with Gasteiger partial charge in [-0.25, -0.2) is 4.39 Å². The van der Waals surface area contributed by atoms with Crippen molar-refractivity contribution in [2.24, 2.45) is 5.92 Å². The number of hydrogen-bond acceptors (Lipinski definition) is 1. The standard InChI is InChI=1S/C14H17ClFN/c15-13-7-6-12(8-14(13)16)10-17-9-11-4-2-1-3-5-11/h1-2,6-8,11,17H,3-5,9-10H2. The molecule has 0 aliphatic heterocycles. The Labute approximate surface area is 107 Å². The molecule has 2 rings (SSSR count). The zero-order chi connectivity index (χ0) is 12.1. The minimum absolute atomic E-state index is 0.186. The fourth-order valence-electron chi connectivity index (χ4n) is 2.11. The van der Waals surface area contributed by atoms with Gasteiger partial charge in [0, 0.05) is 6.54 Å². The Balaban J connectivity index is 1.77. The normalized spacial score (nSPS) is 19.5. The second-order valence-corrected chi connectivity index (χ2v) is 4.94. The molecule has 0 bridgehead atoms. The van der Waals surface area contributed by atoms with E-state index in [0.29, 0.717) is 6.54 Å². The van der Waals surface area contributed by atoms with Crippen molar-refractivity contribution in [3.63, 3.8) is 0 Å². The van der Waals surface area contributed by atoms with Crippen LogP contribution in [0.1, 0.15) is 24.8 Å². The summed E-state index contributed by atoms with van der Waals surface area (Å²) in [5.41, 5.74) is 0.943. The summed E-state index contributed by atoms with van der Waals surface area (Å²) in [6, 6.07) is 4.96. The van der Waals surface area contributed by atoms with E-state index in [9.17, 15) is 4.39 Å². The average Bonchev–Trinajstić information content (AvgIpc) is 2.35. The zero-order valence-electron chi connectivity index (χ0n) is 9.76. The van der Waals surface area contributed by atoms with Gasteiger partial charge >= 0.3 is 0 Å². The van der Waals surface area contributed by atoms with Crippen molar-refractivity contribution >= 4 is 11.6 Å². The van der Waals surface area contributed by atoms with Gasteiger partial charge in [-0.05, 0) is 49.4 Å². The van der Waals surface area contributed by atoms with Crippen LogP contribution in [0.3, 0.4) is 0 Å². The molecule has 0 spiro atoms. The number of allylic oxidation sites excluding steroid dienone is 2. The van der Waals surface area contributed by atoms with Crippen molar-refractivity contribution in [2.75, 3.05) is 6.54 Å². The van der Waals surface area contributed by atoms with Gasteiger partial charge in [0.1, 0.15) is 5.82 Å². The van der Waals surface area contributed by atoms with E-state index >= 15 is 0 Å². The van der Waals surface area contributed by atoms with Crippen LogP contribution in [0.15, 0.2) is 30.4 Å². The molecule has 1 N–H and O–H groups in total. The van der Waals surface area contributed by atoms with E-state index in [0.717, 1.165) is 24.4 Å². The lowest BCUT2D eigenvalue weighted by atomic mass is 9.94. The molecular formula is C14H17ClFN. The van der Waals surface area contributed by atoms with Crippen LogP contribution in [0.25, 0.3) is 0 Å². The lowest BCUT2D eigenvalue weighted by Crippen LogP contribution is -2.23. The van der Waals surface area contributed by atoms with E-state index in [1.165, 1.54) is 18.9 Å². The van der Waals surface area contributed by atoms with Crippen LogP contribution >= 0.6 is 11.6 Å². The SMILES string of the molecule is Fc1cc(CNCC2CC=CCC2)ccc1Cl. The van der Waals surface area contributed by atoms with Crippen molar-refractivity contribution in [1.29, 1.82) is 0 Å². The van der Waals surface area contributed by atoms with E-state index in [1.807, 2.05) is 6.07 Å². The summed E-state index contributed by atoms with van der Waals surface area (Å²) in [7, 11) is 0. The summed E-state index contributed by atoms with van der Waals surface area (Å²) in [4.78, 5) is 0. The molecule has 17 heavy (non-hydrogen) atoms. The van der Waals surface area contributed by atoms with Crippen molar-refractivity contribution in [3.05, 3.63) is 46.8 Å². The van der Waals surface area contributed by atoms with Crippen molar-refractivity contribution in [3.8, 4) is 0 Å². The van der Waals surface area contributed by atoms with Gasteiger partial charge in [-0.3, -0.25) is 0 Å². The molecule has 0 saturated carbocycles. The maximum absolute atomic E-state index is 13.2. The number of nitrogens with one attached hydrogen (secondary N) is 1. The molecule has 0 fully saturated rings. The number of halogens is 2. The maximum atomic E-state index is 13.2. The Kier molecular flexibility index (Phi) is 4.57. The molecule has 1 aromatic rings. The molecule has 1 aliphatic rings. The highest BCUT2D eigenvalue weighted by atomic mass is 35.5. The van der Waals surface area contributed by atoms with E-state index in [1.54, 1.807) is 6.07 Å². The lowest BCUT2D eigenvalue weighted by molar-refractivity contribution is 0.440. The molecule has 1 nitrogen and oxygen atoms in total. The Morgan fingerprint density at radius 1 is 1.35 bits per heavy atom. The highest BCUT2D eigenvalue weighted by molar-refractivity contribution is 6.30. The van der Waals surface area contributed by atoms with E-state index in [-0.39, 0.29) is 10.8 Å². The first-order valence-corrected chi connectivity index (χ1v) is 6.43. The minimum atomic E-state index is -0.341. The summed E-state index contributed by atoms with van der Waals surface area (Å²) >= 11 is 5.63. The molecule has 1 aromatic carbocycles. The van der Waals surface area contributed by atoms with Crippen LogP contribution < -0.4 is 5.32 Å². The van der Waals surface area contributed by atoms with Gasteiger partial charge in [0.15, 0.2) is 0 Å². The molecule has 92 valence electrons. The van der Waals surface area contributed by atoms with Crippen molar-refractivity contribution in [1.82, 2.24) is 5.32 Å². The third kappa shape index (κ3) is 3.83. The molecule has 1 unspecified atom stereocenters. The minimum Gasteiger partial charge on any atom is -0.312 e. The molecule has 1 atom stereocenters. The summed E-state index contributed by atoms with van der Waals surface area (Å²) in [5.74, 6) is 0.378. The highest BCUT2D eigenvalue weighted by Crippen LogP contribution is 2.18. The molecule has 3 heteroatoms. The van der Waals surface area contributed by atoms with Crippen LogP contribution in [0, 0.1) is 11.7 Å². The summed E-state index contributed by atoms with van der Waals surface area (Å²) in [6.07, 6.45) is 8.07. The summed E-state index contributed by atoms with van der Waals surface area (Å²) in [5, 5.41) is 3.56. The average molecular weight is 254 g/mol. The Hall–Kier alpha value is -0.860. The van der Waals surface area contributed by atoms with E-state index in [2.05, 4.69) is 17.5 Å². The fourth-order valence-corrected chi connectivity index (χ4v) is 2.23. The van der Waals surface area contributed by atoms with Crippen LogP contribution in [0.2, 0.25) is 5.02 Å². The van der Waals surface area contributed by atoms with Crippen LogP contribution in [0.4, 0.5) is 4.39 Å². The third-order valence-electron chi connectivity index (χ3n) is 3.12. The third-order valence-corrected chi connectivity index (χ3v) is 3.43. The van der Waals surface area contributed by atoms with Crippen molar-refractivity contribution < 1.29 is 4.39 Å². The topological polar surface area (TPSA) is 12.0 Å². The first kappa shape index (κ1) is 12.6. The molecular weight excluding hydrogens is 237 g/mol. The molecule has 1 aliphatic carbocycles. The quantitative estimate of drug-likeness (QED) is 0.802. The number of benzene rings is 1. The first-order chi connectivity index (χ1) is 8.25. The first-order valence-electron chi connectivity index (χ1n) is 6.05. The maximum Gasteiger partial charge on any atom is 0.142 e. The van der Waals surface area contributed by atoms with Gasteiger partial charge in [-0.15, -0.1) is 0 Å². The Morgan fingerprint density at radius 2 is 2.24 bits per heavy atom. The predicted octanol–water partition coefficient (Wildman–Crippen LogP) is 3.93. The predicted molar refractivity (Wildman–Crippen MR) is 69.6 cm³/mol. The zero-order valence-corrected chi connectivity index (χ0v) is 10.5. The van der Waals surface area contributed by atoms with Crippen LogP contribution in [-0.4, -0.2) is 6.54 Å².